The van der Waals surface area contributed by atoms with Crippen LogP contribution >= 0.6 is 24.0 Å². The maximum Gasteiger partial charge on any atom is 0.308 e. The first-order valence-corrected chi connectivity index (χ1v) is 10.0. The molecule has 0 radical (unpaired) electrons. The molecule has 1 N–H and O–H groups in total. The number of aliphatic imine (C=N–C) groups is 1. The van der Waals surface area contributed by atoms with Crippen LogP contribution in [0.1, 0.15) is 38.7 Å². The van der Waals surface area contributed by atoms with Crippen LogP contribution in [0.15, 0.2) is 23.2 Å². The molecule has 0 aliphatic carbocycles. The Morgan fingerprint density at radius 3 is 2.52 bits per heavy atom. The number of hydrogen-bond acceptors (Lipinski definition) is 5. The third kappa shape index (κ3) is 7.56. The molecule has 1 aliphatic rings. The van der Waals surface area contributed by atoms with E-state index in [1.165, 1.54) is 7.11 Å². The number of nitrogens with one attached hydrogen (secondary N) is 1. The summed E-state index contributed by atoms with van der Waals surface area (Å²) < 4.78 is 16.0. The molecule has 164 valence electrons. The predicted octanol–water partition coefficient (Wildman–Crippen LogP) is 3.45. The largest absolute Gasteiger partial charge is 0.493 e. The lowest BCUT2D eigenvalue weighted by atomic mass is 9.97. The highest BCUT2D eigenvalue weighted by Gasteiger charge is 2.26. The molecule has 1 aromatic rings. The highest BCUT2D eigenvalue weighted by molar-refractivity contribution is 14.0. The summed E-state index contributed by atoms with van der Waals surface area (Å²) in [4.78, 5) is 18.7. The van der Waals surface area contributed by atoms with Crippen molar-refractivity contribution in [3.8, 4) is 11.5 Å². The fourth-order valence-electron chi connectivity index (χ4n) is 3.23. The van der Waals surface area contributed by atoms with Crippen molar-refractivity contribution in [1.82, 2.24) is 10.2 Å². The van der Waals surface area contributed by atoms with Crippen LogP contribution in [0.5, 0.6) is 11.5 Å². The summed E-state index contributed by atoms with van der Waals surface area (Å²) >= 11 is 0. The van der Waals surface area contributed by atoms with Crippen molar-refractivity contribution in [1.29, 1.82) is 0 Å². The van der Waals surface area contributed by atoms with E-state index in [1.807, 2.05) is 18.2 Å². The molecule has 0 atom stereocenters. The van der Waals surface area contributed by atoms with E-state index in [-0.39, 0.29) is 35.9 Å². The first-order valence-electron chi connectivity index (χ1n) is 10.0. The maximum absolute atomic E-state index is 11.7. The van der Waals surface area contributed by atoms with Gasteiger partial charge in [-0.3, -0.25) is 4.79 Å². The second-order valence-electron chi connectivity index (χ2n) is 6.79. The number of rotatable bonds is 8. The molecule has 29 heavy (non-hydrogen) atoms. The quantitative estimate of drug-likeness (QED) is 0.246. The number of nitrogens with zero attached hydrogens (tertiary/aromatic N) is 2. The second kappa shape index (κ2) is 13.5. The van der Waals surface area contributed by atoms with Crippen LogP contribution in [-0.4, -0.2) is 57.3 Å². The zero-order chi connectivity index (χ0) is 20.4. The number of benzene rings is 1. The minimum atomic E-state index is -0.112. The molecule has 0 bridgehead atoms. The summed E-state index contributed by atoms with van der Waals surface area (Å²) in [6, 6.07) is 5.93. The summed E-state index contributed by atoms with van der Waals surface area (Å²) in [7, 11) is 3.10. The lowest BCUT2D eigenvalue weighted by Gasteiger charge is -2.33. The zero-order valence-corrected chi connectivity index (χ0v) is 20.2. The molecule has 0 unspecified atom stereocenters. The van der Waals surface area contributed by atoms with E-state index in [1.54, 1.807) is 7.11 Å². The van der Waals surface area contributed by atoms with Crippen LogP contribution in [0.4, 0.5) is 0 Å². The molecule has 1 heterocycles. The van der Waals surface area contributed by atoms with Crippen molar-refractivity contribution >= 4 is 35.9 Å². The van der Waals surface area contributed by atoms with Crippen LogP contribution in [0.25, 0.3) is 0 Å². The Bertz CT molecular complexity index is 661. The predicted molar refractivity (Wildman–Crippen MR) is 125 cm³/mol. The zero-order valence-electron chi connectivity index (χ0n) is 17.9. The number of hydrogen-bond donors (Lipinski definition) is 1. The van der Waals surface area contributed by atoms with Crippen molar-refractivity contribution in [2.45, 2.75) is 39.7 Å². The van der Waals surface area contributed by atoms with E-state index in [0.717, 1.165) is 61.9 Å². The van der Waals surface area contributed by atoms with Crippen LogP contribution in [0.2, 0.25) is 0 Å². The van der Waals surface area contributed by atoms with Gasteiger partial charge in [-0.15, -0.1) is 24.0 Å². The number of ether oxygens (including phenoxy) is 3. The minimum absolute atomic E-state index is 0. The number of guanidine groups is 1. The fourth-order valence-corrected chi connectivity index (χ4v) is 3.23. The van der Waals surface area contributed by atoms with Crippen LogP contribution in [0, 0.1) is 5.92 Å². The number of halogens is 1. The molecule has 1 aliphatic heterocycles. The van der Waals surface area contributed by atoms with Gasteiger partial charge in [0, 0.05) is 19.6 Å². The van der Waals surface area contributed by atoms with E-state index < -0.39 is 0 Å². The summed E-state index contributed by atoms with van der Waals surface area (Å²) in [5.74, 6) is 2.23. The Labute approximate surface area is 191 Å². The van der Waals surface area contributed by atoms with E-state index in [9.17, 15) is 4.79 Å². The minimum Gasteiger partial charge on any atom is -0.493 e. The number of methoxy groups -OCH3 is 2. The monoisotopic (exact) mass is 519 g/mol. The lowest BCUT2D eigenvalue weighted by molar-refractivity contribution is -0.146. The van der Waals surface area contributed by atoms with Gasteiger partial charge in [0.05, 0.1) is 33.3 Å². The first kappa shape index (κ1) is 25.3. The van der Waals surface area contributed by atoms with Gasteiger partial charge in [-0.1, -0.05) is 13.0 Å². The van der Waals surface area contributed by atoms with Crippen LogP contribution in [-0.2, 0) is 16.1 Å². The Balaban J connectivity index is 0.00000420. The normalized spacial score (nSPS) is 14.8. The smallest absolute Gasteiger partial charge is 0.308 e. The molecule has 7 nitrogen and oxygen atoms in total. The van der Waals surface area contributed by atoms with Gasteiger partial charge in [0.1, 0.15) is 0 Å². The molecule has 0 spiro atoms. The molecule has 1 aromatic carbocycles. The van der Waals surface area contributed by atoms with Gasteiger partial charge in [-0.05, 0) is 43.9 Å². The Morgan fingerprint density at radius 1 is 1.21 bits per heavy atom. The van der Waals surface area contributed by atoms with Gasteiger partial charge in [-0.25, -0.2) is 4.99 Å². The van der Waals surface area contributed by atoms with Gasteiger partial charge in [0.25, 0.3) is 0 Å². The van der Waals surface area contributed by atoms with Crippen molar-refractivity contribution in [3.05, 3.63) is 23.8 Å². The topological polar surface area (TPSA) is 72.4 Å². The average Bonchev–Trinajstić information content (AvgIpc) is 2.75. The molecule has 1 fully saturated rings. The van der Waals surface area contributed by atoms with E-state index in [4.69, 9.17) is 19.2 Å². The third-order valence-electron chi connectivity index (χ3n) is 4.77. The molecular weight excluding hydrogens is 485 g/mol. The summed E-state index contributed by atoms with van der Waals surface area (Å²) in [6.07, 6.45) is 2.52. The highest BCUT2D eigenvalue weighted by atomic mass is 127. The summed E-state index contributed by atoms with van der Waals surface area (Å²) in [6.45, 7) is 7.72. The van der Waals surface area contributed by atoms with Gasteiger partial charge in [0.15, 0.2) is 17.5 Å². The molecular formula is C21H34IN3O4. The molecule has 0 saturated carbocycles. The van der Waals surface area contributed by atoms with Crippen molar-refractivity contribution in [2.24, 2.45) is 10.9 Å². The number of esters is 1. The molecule has 0 aromatic heterocycles. The summed E-state index contributed by atoms with van der Waals surface area (Å²) in [5, 5.41) is 3.35. The van der Waals surface area contributed by atoms with Gasteiger partial charge >= 0.3 is 5.97 Å². The Kier molecular flexibility index (Phi) is 11.8. The average molecular weight is 519 g/mol. The maximum atomic E-state index is 11.7. The van der Waals surface area contributed by atoms with Gasteiger partial charge < -0.3 is 24.4 Å². The number of carbonyl (C=O) groups excluding carboxylic acids is 1. The molecule has 0 amide bonds. The van der Waals surface area contributed by atoms with Gasteiger partial charge in [-0.2, -0.15) is 0 Å². The van der Waals surface area contributed by atoms with Crippen molar-refractivity contribution in [3.63, 3.8) is 0 Å². The lowest BCUT2D eigenvalue weighted by Crippen LogP contribution is -2.46. The number of carbonyl (C=O) groups is 1. The van der Waals surface area contributed by atoms with Crippen molar-refractivity contribution < 1.29 is 19.0 Å². The molecule has 1 saturated heterocycles. The van der Waals surface area contributed by atoms with Crippen LogP contribution in [0.3, 0.4) is 0 Å². The van der Waals surface area contributed by atoms with E-state index in [2.05, 4.69) is 24.1 Å². The molecule has 8 heteroatoms. The van der Waals surface area contributed by atoms with E-state index >= 15 is 0 Å². The highest BCUT2D eigenvalue weighted by Crippen LogP contribution is 2.28. The van der Waals surface area contributed by atoms with Crippen molar-refractivity contribution in [2.75, 3.05) is 40.5 Å². The Morgan fingerprint density at radius 2 is 1.93 bits per heavy atom. The first-order chi connectivity index (χ1) is 13.6. The van der Waals surface area contributed by atoms with Gasteiger partial charge in [0.2, 0.25) is 0 Å². The Hall–Kier alpha value is -1.71. The number of piperidine rings is 1. The second-order valence-corrected chi connectivity index (χ2v) is 6.79. The standard InChI is InChI=1S/C21H33N3O4.HI/c1-5-13-28-18-8-7-16(14-19(18)26-3)15-23-21(22-6-2)24-11-9-17(10-12-24)20(25)27-4;/h7-8,14,17H,5-6,9-13,15H2,1-4H3,(H,22,23);1H. The fraction of sp³-hybridized carbons (Fsp3) is 0.619. The third-order valence-corrected chi connectivity index (χ3v) is 4.77. The summed E-state index contributed by atoms with van der Waals surface area (Å²) in [5.41, 5.74) is 1.06. The SMILES string of the molecule is CCCOc1ccc(CN=C(NCC)N2CCC(C(=O)OC)CC2)cc1OC.I. The van der Waals surface area contributed by atoms with Crippen LogP contribution < -0.4 is 14.8 Å². The number of likely N-dealkylation sites (tertiary alicyclic amines) is 1. The molecule has 2 rings (SSSR count). The van der Waals surface area contributed by atoms with E-state index in [0.29, 0.717) is 13.2 Å².